The quantitative estimate of drug-likeness (QED) is 0.217. The number of carbonyl (C=O) groups is 1. The van der Waals surface area contributed by atoms with E-state index in [4.69, 9.17) is 0 Å². The third-order valence-corrected chi connectivity index (χ3v) is 5.52. The van der Waals surface area contributed by atoms with Gasteiger partial charge in [0.05, 0.1) is 24.1 Å². The summed E-state index contributed by atoms with van der Waals surface area (Å²) in [6.45, 7) is 1.40. The summed E-state index contributed by atoms with van der Waals surface area (Å²) >= 11 is 0.943. The summed E-state index contributed by atoms with van der Waals surface area (Å²) in [6.07, 6.45) is -6.42. The molecule has 2 heterocycles. The Morgan fingerprint density at radius 2 is 1.82 bits per heavy atom. The SMILES string of the molecule is CCOC(=O)c1cnn(-c2nc(CCCCc3cccc(C(F)(F)F)c3)cs2)c1C(F)(F)F. The Morgan fingerprint density at radius 3 is 2.48 bits per heavy atom. The van der Waals surface area contributed by atoms with Crippen LogP contribution in [0.4, 0.5) is 26.3 Å². The molecule has 12 heteroatoms. The molecular weight excluding hydrogens is 472 g/mol. The van der Waals surface area contributed by atoms with Crippen molar-refractivity contribution in [3.8, 4) is 5.13 Å². The van der Waals surface area contributed by atoms with Crippen LogP contribution in [0.5, 0.6) is 0 Å². The largest absolute Gasteiger partial charge is 0.462 e. The Kier molecular flexibility index (Phi) is 7.45. The number of hydrogen-bond acceptors (Lipinski definition) is 5. The fourth-order valence-corrected chi connectivity index (χ4v) is 3.99. The zero-order chi connectivity index (χ0) is 24.2. The number of benzene rings is 1. The van der Waals surface area contributed by atoms with Gasteiger partial charge >= 0.3 is 18.3 Å². The van der Waals surface area contributed by atoms with Crippen LogP contribution in [0.15, 0.2) is 35.8 Å². The Morgan fingerprint density at radius 1 is 1.09 bits per heavy atom. The van der Waals surface area contributed by atoms with Crippen molar-refractivity contribution < 1.29 is 35.9 Å². The van der Waals surface area contributed by atoms with E-state index in [1.165, 1.54) is 13.0 Å². The predicted molar refractivity (Wildman–Crippen MR) is 108 cm³/mol. The molecule has 3 rings (SSSR count). The molecule has 0 N–H and O–H groups in total. The van der Waals surface area contributed by atoms with E-state index in [1.54, 1.807) is 11.4 Å². The van der Waals surface area contributed by atoms with E-state index in [1.807, 2.05) is 0 Å². The van der Waals surface area contributed by atoms with Crippen molar-refractivity contribution in [2.24, 2.45) is 0 Å². The second kappa shape index (κ2) is 9.94. The van der Waals surface area contributed by atoms with Crippen molar-refractivity contribution in [3.05, 3.63) is 63.9 Å². The second-order valence-electron chi connectivity index (χ2n) is 7.06. The van der Waals surface area contributed by atoms with Crippen LogP contribution in [0, 0.1) is 0 Å². The van der Waals surface area contributed by atoms with Crippen molar-refractivity contribution >= 4 is 17.3 Å². The minimum atomic E-state index is -4.85. The summed E-state index contributed by atoms with van der Waals surface area (Å²) in [4.78, 5) is 16.1. The molecule has 0 aliphatic heterocycles. The molecule has 178 valence electrons. The standard InChI is InChI=1S/C21H19F6N3O2S/c1-2-32-18(31)16-11-28-30(17(16)21(25,26)27)19-29-15(12-33-19)9-4-3-6-13-7-5-8-14(10-13)20(22,23)24/h5,7-8,10-12H,2-4,6,9H2,1H3. The Labute approximate surface area is 189 Å². The highest BCUT2D eigenvalue weighted by molar-refractivity contribution is 7.12. The maximum atomic E-state index is 13.6. The fraction of sp³-hybridized carbons (Fsp3) is 0.381. The molecule has 0 amide bonds. The lowest BCUT2D eigenvalue weighted by atomic mass is 10.0. The summed E-state index contributed by atoms with van der Waals surface area (Å²) in [6, 6.07) is 5.10. The van der Waals surface area contributed by atoms with Crippen LogP contribution in [0.25, 0.3) is 5.13 Å². The van der Waals surface area contributed by atoms with Crippen LogP contribution in [-0.4, -0.2) is 27.3 Å². The van der Waals surface area contributed by atoms with Gasteiger partial charge in [-0.1, -0.05) is 18.2 Å². The topological polar surface area (TPSA) is 57.0 Å². The number of carbonyl (C=O) groups excluding carboxylic acids is 1. The summed E-state index contributed by atoms with van der Waals surface area (Å²) in [5.41, 5.74) is -1.57. The van der Waals surface area contributed by atoms with Crippen molar-refractivity contribution in [2.75, 3.05) is 6.61 Å². The van der Waals surface area contributed by atoms with Gasteiger partial charge in [0.25, 0.3) is 0 Å². The van der Waals surface area contributed by atoms with Crippen LogP contribution in [-0.2, 0) is 29.9 Å². The van der Waals surface area contributed by atoms with Gasteiger partial charge in [0.15, 0.2) is 5.69 Å². The third-order valence-electron chi connectivity index (χ3n) is 4.66. The van der Waals surface area contributed by atoms with Crippen LogP contribution in [0.3, 0.4) is 0 Å². The van der Waals surface area contributed by atoms with Gasteiger partial charge in [-0.15, -0.1) is 11.3 Å². The zero-order valence-corrected chi connectivity index (χ0v) is 18.2. The number of hydrogen-bond donors (Lipinski definition) is 0. The third kappa shape index (κ3) is 6.12. The zero-order valence-electron chi connectivity index (χ0n) is 17.3. The van der Waals surface area contributed by atoms with Crippen molar-refractivity contribution in [2.45, 2.75) is 45.0 Å². The minimum absolute atomic E-state index is 0.0502. The highest BCUT2D eigenvalue weighted by Crippen LogP contribution is 2.35. The number of alkyl halides is 6. The Balaban J connectivity index is 1.66. The highest BCUT2D eigenvalue weighted by atomic mass is 32.1. The molecule has 1 aromatic carbocycles. The number of esters is 1. The molecule has 5 nitrogen and oxygen atoms in total. The Bertz CT molecular complexity index is 1100. The molecule has 0 atom stereocenters. The van der Waals surface area contributed by atoms with Gasteiger partial charge in [-0.05, 0) is 44.2 Å². The minimum Gasteiger partial charge on any atom is -0.462 e. The molecule has 0 saturated heterocycles. The summed E-state index contributed by atoms with van der Waals surface area (Å²) in [5.74, 6) is -1.12. The second-order valence-corrected chi connectivity index (χ2v) is 7.90. The molecule has 0 unspecified atom stereocenters. The summed E-state index contributed by atoms with van der Waals surface area (Å²) in [5, 5.41) is 5.22. The van der Waals surface area contributed by atoms with E-state index in [0.717, 1.165) is 29.7 Å². The lowest BCUT2D eigenvalue weighted by molar-refractivity contribution is -0.143. The number of nitrogens with zero attached hydrogens (tertiary/aromatic N) is 3. The van der Waals surface area contributed by atoms with Crippen LogP contribution < -0.4 is 0 Å². The van der Waals surface area contributed by atoms with Gasteiger partial charge in [0, 0.05) is 5.38 Å². The maximum Gasteiger partial charge on any atom is 0.434 e. The normalized spacial score (nSPS) is 12.2. The average molecular weight is 491 g/mol. The number of halogens is 6. The Hall–Kier alpha value is -2.89. The van der Waals surface area contributed by atoms with Gasteiger partial charge in [0.2, 0.25) is 5.13 Å². The van der Waals surface area contributed by atoms with Crippen LogP contribution in [0.2, 0.25) is 0 Å². The van der Waals surface area contributed by atoms with Gasteiger partial charge in [-0.2, -0.15) is 31.4 Å². The molecule has 0 radical (unpaired) electrons. The molecule has 0 aliphatic carbocycles. The number of unbranched alkanes of at least 4 members (excludes halogenated alkanes) is 1. The molecule has 0 bridgehead atoms. The lowest BCUT2D eigenvalue weighted by Gasteiger charge is -2.10. The van der Waals surface area contributed by atoms with Crippen LogP contribution in [0.1, 0.15) is 52.6 Å². The van der Waals surface area contributed by atoms with E-state index in [9.17, 15) is 31.1 Å². The first kappa shape index (κ1) is 24.7. The molecule has 0 aliphatic rings. The van der Waals surface area contributed by atoms with Gasteiger partial charge in [0.1, 0.15) is 5.56 Å². The number of thiazole rings is 1. The molecule has 33 heavy (non-hydrogen) atoms. The molecule has 0 fully saturated rings. The molecule has 0 saturated carbocycles. The van der Waals surface area contributed by atoms with Crippen LogP contribution >= 0.6 is 11.3 Å². The number of aromatic nitrogens is 3. The first-order valence-corrected chi connectivity index (χ1v) is 10.8. The van der Waals surface area contributed by atoms with Crippen molar-refractivity contribution in [1.29, 1.82) is 0 Å². The number of aryl methyl sites for hydroxylation is 2. The monoisotopic (exact) mass is 491 g/mol. The first-order chi connectivity index (χ1) is 15.5. The van der Waals surface area contributed by atoms with E-state index < -0.39 is 35.1 Å². The molecule has 3 aromatic rings. The smallest absolute Gasteiger partial charge is 0.434 e. The van der Waals surface area contributed by atoms with E-state index in [0.29, 0.717) is 41.6 Å². The maximum absolute atomic E-state index is 13.6. The molecule has 0 spiro atoms. The highest BCUT2D eigenvalue weighted by Gasteiger charge is 2.41. The van der Waals surface area contributed by atoms with Crippen molar-refractivity contribution in [3.63, 3.8) is 0 Å². The van der Waals surface area contributed by atoms with Gasteiger partial charge in [-0.3, -0.25) is 0 Å². The molecule has 2 aromatic heterocycles. The van der Waals surface area contributed by atoms with E-state index in [-0.39, 0.29) is 11.7 Å². The summed E-state index contributed by atoms with van der Waals surface area (Å²) in [7, 11) is 0. The first-order valence-electron chi connectivity index (χ1n) is 9.94. The molecular formula is C21H19F6N3O2S. The average Bonchev–Trinajstić information content (AvgIpc) is 3.38. The van der Waals surface area contributed by atoms with E-state index in [2.05, 4.69) is 14.8 Å². The van der Waals surface area contributed by atoms with Gasteiger partial charge < -0.3 is 4.74 Å². The van der Waals surface area contributed by atoms with Gasteiger partial charge in [-0.25, -0.2) is 14.5 Å². The summed E-state index contributed by atoms with van der Waals surface area (Å²) < 4.78 is 84.4. The number of ether oxygens (including phenoxy) is 1. The van der Waals surface area contributed by atoms with E-state index >= 15 is 0 Å². The predicted octanol–water partition coefficient (Wildman–Crippen LogP) is 6.11. The lowest BCUT2D eigenvalue weighted by Crippen LogP contribution is -2.18. The van der Waals surface area contributed by atoms with Crippen molar-refractivity contribution in [1.82, 2.24) is 14.8 Å². The fourth-order valence-electron chi connectivity index (χ4n) is 3.17. The number of rotatable bonds is 8.